The molecule has 0 bridgehead atoms. The van der Waals surface area contributed by atoms with Crippen LogP contribution in [0.3, 0.4) is 0 Å². The predicted molar refractivity (Wildman–Crippen MR) is 62.1 cm³/mol. The molecule has 1 rings (SSSR count). The molecule has 2 nitrogen and oxygen atoms in total. The molecule has 0 aliphatic heterocycles. The molecule has 0 radical (unpaired) electrons. The van der Waals surface area contributed by atoms with Crippen molar-refractivity contribution in [3.8, 4) is 0 Å². The fourth-order valence-electron chi connectivity index (χ4n) is 1.34. The summed E-state index contributed by atoms with van der Waals surface area (Å²) >= 11 is 1.59. The summed E-state index contributed by atoms with van der Waals surface area (Å²) in [5.41, 5.74) is 0.840. The average molecular weight is 267 g/mol. The number of aryl methyl sites for hydroxylation is 1. The van der Waals surface area contributed by atoms with Crippen LogP contribution in [-0.2, 0) is 17.9 Å². The van der Waals surface area contributed by atoms with Crippen LogP contribution in [-0.4, -0.2) is 19.3 Å². The highest BCUT2D eigenvalue weighted by atomic mass is 32.1. The number of ether oxygens (including phenoxy) is 1. The third kappa shape index (κ3) is 5.52. The fourth-order valence-corrected chi connectivity index (χ4v) is 2.36. The Kier molecular flexibility index (Phi) is 5.42. The van der Waals surface area contributed by atoms with Crippen molar-refractivity contribution in [3.05, 3.63) is 21.4 Å². The number of rotatable bonds is 6. The normalized spacial score (nSPS) is 12.1. The monoisotopic (exact) mass is 267 g/mol. The summed E-state index contributed by atoms with van der Waals surface area (Å²) in [6, 6.07) is 1.90. The van der Waals surface area contributed by atoms with E-state index in [1.807, 2.05) is 19.9 Å². The van der Waals surface area contributed by atoms with Gasteiger partial charge in [0.15, 0.2) is 0 Å². The predicted octanol–water partition coefficient (Wildman–Crippen LogP) is 3.24. The van der Waals surface area contributed by atoms with Gasteiger partial charge in [0.05, 0.1) is 6.61 Å². The molecule has 0 spiro atoms. The Bertz CT molecular complexity index is 349. The van der Waals surface area contributed by atoms with Crippen LogP contribution in [0.15, 0.2) is 6.07 Å². The molecule has 0 saturated heterocycles. The third-order valence-electron chi connectivity index (χ3n) is 2.14. The van der Waals surface area contributed by atoms with Crippen molar-refractivity contribution in [2.45, 2.75) is 33.2 Å². The Morgan fingerprint density at radius 2 is 2.12 bits per heavy atom. The third-order valence-corrected chi connectivity index (χ3v) is 3.24. The van der Waals surface area contributed by atoms with Gasteiger partial charge in [-0.2, -0.15) is 13.2 Å². The molecular formula is C11H16F3NOS. The zero-order valence-electron chi connectivity index (χ0n) is 9.86. The van der Waals surface area contributed by atoms with Crippen molar-refractivity contribution < 1.29 is 17.9 Å². The van der Waals surface area contributed by atoms with Gasteiger partial charge in [0.25, 0.3) is 0 Å². The maximum Gasteiger partial charge on any atom is 0.411 e. The molecule has 6 heteroatoms. The standard InChI is InChI=1S/C11H16F3NOS/c1-3-15-5-10-4-9(8(2)17-10)6-16-7-11(12,13)14/h4,15H,3,5-7H2,1-2H3. The molecule has 0 unspecified atom stereocenters. The first-order chi connectivity index (χ1) is 7.92. The molecule has 0 amide bonds. The second-order valence-electron chi connectivity index (χ2n) is 3.68. The van der Waals surface area contributed by atoms with E-state index in [1.165, 1.54) is 0 Å². The van der Waals surface area contributed by atoms with Crippen LogP contribution in [0.4, 0.5) is 13.2 Å². The molecule has 1 heterocycles. The molecule has 0 aliphatic rings. The Balaban J connectivity index is 2.45. The van der Waals surface area contributed by atoms with Crippen LogP contribution in [0, 0.1) is 6.92 Å². The molecule has 1 aromatic heterocycles. The van der Waals surface area contributed by atoms with E-state index in [9.17, 15) is 13.2 Å². The number of halogens is 3. The van der Waals surface area contributed by atoms with Crippen LogP contribution in [0.5, 0.6) is 0 Å². The lowest BCUT2D eigenvalue weighted by Gasteiger charge is -2.06. The van der Waals surface area contributed by atoms with Crippen LogP contribution >= 0.6 is 11.3 Å². The first kappa shape index (κ1) is 14.5. The summed E-state index contributed by atoms with van der Waals surface area (Å²) in [5.74, 6) is 0. The van der Waals surface area contributed by atoms with Crippen molar-refractivity contribution in [1.82, 2.24) is 5.32 Å². The Hall–Kier alpha value is -0.590. The second-order valence-corrected chi connectivity index (χ2v) is 5.02. The van der Waals surface area contributed by atoms with Crippen LogP contribution < -0.4 is 5.32 Å². The molecule has 1 aromatic rings. The lowest BCUT2D eigenvalue weighted by Crippen LogP contribution is -2.16. The van der Waals surface area contributed by atoms with Crippen molar-refractivity contribution in [2.24, 2.45) is 0 Å². The lowest BCUT2D eigenvalue weighted by atomic mass is 10.2. The smallest absolute Gasteiger partial charge is 0.367 e. The van der Waals surface area contributed by atoms with Gasteiger partial charge in [-0.15, -0.1) is 11.3 Å². The fraction of sp³-hybridized carbons (Fsp3) is 0.636. The quantitative estimate of drug-likeness (QED) is 0.854. The van der Waals surface area contributed by atoms with Crippen LogP contribution in [0.2, 0.25) is 0 Å². The number of thiophene rings is 1. The molecule has 98 valence electrons. The van der Waals surface area contributed by atoms with E-state index in [1.54, 1.807) is 11.3 Å². The minimum Gasteiger partial charge on any atom is -0.367 e. The van der Waals surface area contributed by atoms with E-state index in [0.29, 0.717) is 0 Å². The van der Waals surface area contributed by atoms with Gasteiger partial charge in [-0.25, -0.2) is 0 Å². The highest BCUT2D eigenvalue weighted by Gasteiger charge is 2.27. The number of nitrogens with one attached hydrogen (secondary N) is 1. The SMILES string of the molecule is CCNCc1cc(COCC(F)(F)F)c(C)s1. The number of hydrogen-bond donors (Lipinski definition) is 1. The average Bonchev–Trinajstić information content (AvgIpc) is 2.55. The maximum absolute atomic E-state index is 11.9. The van der Waals surface area contributed by atoms with Crippen molar-refractivity contribution >= 4 is 11.3 Å². The summed E-state index contributed by atoms with van der Waals surface area (Å²) in [6.07, 6.45) is -4.25. The number of alkyl halides is 3. The summed E-state index contributed by atoms with van der Waals surface area (Å²) in [5, 5.41) is 3.18. The van der Waals surface area contributed by atoms with E-state index in [-0.39, 0.29) is 6.61 Å². The van der Waals surface area contributed by atoms with Crippen molar-refractivity contribution in [2.75, 3.05) is 13.2 Å². The molecule has 1 N–H and O–H groups in total. The molecule has 0 aliphatic carbocycles. The molecule has 0 atom stereocenters. The molecule has 0 aromatic carbocycles. The molecule has 0 fully saturated rings. The molecular weight excluding hydrogens is 251 g/mol. The Morgan fingerprint density at radius 3 is 2.71 bits per heavy atom. The summed E-state index contributed by atoms with van der Waals surface area (Å²) in [7, 11) is 0. The zero-order valence-corrected chi connectivity index (χ0v) is 10.7. The van der Waals surface area contributed by atoms with E-state index in [0.717, 1.165) is 28.4 Å². The largest absolute Gasteiger partial charge is 0.411 e. The van der Waals surface area contributed by atoms with Gasteiger partial charge in [-0.1, -0.05) is 6.92 Å². The van der Waals surface area contributed by atoms with Gasteiger partial charge in [-0.05, 0) is 25.1 Å². The van der Waals surface area contributed by atoms with E-state index in [2.05, 4.69) is 10.1 Å². The Labute approximate surface area is 103 Å². The highest BCUT2D eigenvalue weighted by molar-refractivity contribution is 7.12. The Morgan fingerprint density at radius 1 is 1.41 bits per heavy atom. The topological polar surface area (TPSA) is 21.3 Å². The van der Waals surface area contributed by atoms with Gasteiger partial charge in [0.1, 0.15) is 6.61 Å². The van der Waals surface area contributed by atoms with E-state index in [4.69, 9.17) is 0 Å². The van der Waals surface area contributed by atoms with Gasteiger partial charge in [0, 0.05) is 16.3 Å². The summed E-state index contributed by atoms with van der Waals surface area (Å²) in [6.45, 7) is 4.36. The second kappa shape index (κ2) is 6.37. The van der Waals surface area contributed by atoms with Crippen LogP contribution in [0.1, 0.15) is 22.2 Å². The molecule has 17 heavy (non-hydrogen) atoms. The van der Waals surface area contributed by atoms with E-state index < -0.39 is 12.8 Å². The number of hydrogen-bond acceptors (Lipinski definition) is 3. The maximum atomic E-state index is 11.9. The zero-order chi connectivity index (χ0) is 12.9. The summed E-state index contributed by atoms with van der Waals surface area (Å²) < 4.78 is 40.3. The first-order valence-electron chi connectivity index (χ1n) is 5.35. The molecule has 0 saturated carbocycles. The van der Waals surface area contributed by atoms with Crippen LogP contribution in [0.25, 0.3) is 0 Å². The first-order valence-corrected chi connectivity index (χ1v) is 6.17. The van der Waals surface area contributed by atoms with E-state index >= 15 is 0 Å². The van der Waals surface area contributed by atoms with Gasteiger partial charge in [0.2, 0.25) is 0 Å². The minimum atomic E-state index is -4.25. The lowest BCUT2D eigenvalue weighted by molar-refractivity contribution is -0.176. The van der Waals surface area contributed by atoms with Crippen molar-refractivity contribution in [3.63, 3.8) is 0 Å². The van der Waals surface area contributed by atoms with Crippen molar-refractivity contribution in [1.29, 1.82) is 0 Å². The summed E-state index contributed by atoms with van der Waals surface area (Å²) in [4.78, 5) is 2.13. The minimum absolute atomic E-state index is 0.0218. The van der Waals surface area contributed by atoms with Gasteiger partial charge in [-0.3, -0.25) is 0 Å². The van der Waals surface area contributed by atoms with Gasteiger partial charge >= 0.3 is 6.18 Å². The van der Waals surface area contributed by atoms with Gasteiger partial charge < -0.3 is 10.1 Å². The highest BCUT2D eigenvalue weighted by Crippen LogP contribution is 2.23.